The Balaban J connectivity index is 2.87. The summed E-state index contributed by atoms with van der Waals surface area (Å²) in [6, 6.07) is 0. The molecule has 0 spiro atoms. The van der Waals surface area contributed by atoms with Crippen molar-refractivity contribution in [1.29, 1.82) is 0 Å². The van der Waals surface area contributed by atoms with Crippen LogP contribution in [-0.2, 0) is 4.79 Å². The van der Waals surface area contributed by atoms with Gasteiger partial charge in [0.15, 0.2) is 0 Å². The molecule has 1 aliphatic rings. The fourth-order valence-electron chi connectivity index (χ4n) is 0.963. The van der Waals surface area contributed by atoms with Crippen molar-refractivity contribution in [1.82, 2.24) is 9.80 Å². The lowest BCUT2D eigenvalue weighted by Gasteiger charge is -2.35. The largest absolute Gasteiger partial charge is 0.335 e. The molecule has 0 aromatic carbocycles. The van der Waals surface area contributed by atoms with Crippen LogP contribution in [0.15, 0.2) is 24.7 Å². The van der Waals surface area contributed by atoms with Crippen LogP contribution in [0.1, 0.15) is 6.42 Å². The summed E-state index contributed by atoms with van der Waals surface area (Å²) in [6.07, 6.45) is 0.395. The molecule has 3 heteroatoms. The maximum atomic E-state index is 11.1. The van der Waals surface area contributed by atoms with Gasteiger partial charge in [0.2, 0.25) is 5.91 Å². The number of hydrogen-bond donors (Lipinski definition) is 0. The molecule has 1 heterocycles. The molecule has 3 nitrogen and oxygen atoms in total. The predicted molar refractivity (Wildman–Crippen MR) is 43.4 cm³/mol. The van der Waals surface area contributed by atoms with Crippen LogP contribution in [0.25, 0.3) is 0 Å². The van der Waals surface area contributed by atoms with Crippen molar-refractivity contribution >= 4 is 5.91 Å². The molecule has 1 saturated heterocycles. The summed E-state index contributed by atoms with van der Waals surface area (Å²) in [5, 5.41) is 0. The Kier molecular flexibility index (Phi) is 1.72. The highest BCUT2D eigenvalue weighted by Crippen LogP contribution is 2.20. The van der Waals surface area contributed by atoms with E-state index in [9.17, 15) is 4.79 Å². The van der Waals surface area contributed by atoms with Crippen LogP contribution in [0.4, 0.5) is 0 Å². The zero-order valence-corrected chi connectivity index (χ0v) is 6.92. The lowest BCUT2D eigenvalue weighted by molar-refractivity contribution is -0.130. The average Bonchev–Trinajstić information content (AvgIpc) is 1.97. The molecule has 1 rings (SSSR count). The van der Waals surface area contributed by atoms with Gasteiger partial charge in [0.25, 0.3) is 0 Å². The first-order chi connectivity index (χ1) is 5.04. The van der Waals surface area contributed by atoms with Crippen molar-refractivity contribution in [2.24, 2.45) is 0 Å². The zero-order valence-electron chi connectivity index (χ0n) is 6.92. The smallest absolute Gasteiger partial charge is 0.233 e. The summed E-state index contributed by atoms with van der Waals surface area (Å²) in [5.74, 6) is 0.740. The third-order valence-electron chi connectivity index (χ3n) is 1.98. The van der Waals surface area contributed by atoms with Gasteiger partial charge >= 0.3 is 0 Å². The highest BCUT2D eigenvalue weighted by atomic mass is 16.2. The predicted octanol–water partition coefficient (Wildman–Crippen LogP) is 0.765. The van der Waals surface area contributed by atoms with Gasteiger partial charge < -0.3 is 9.80 Å². The van der Waals surface area contributed by atoms with Crippen LogP contribution in [0, 0.1) is 0 Å². The Labute approximate surface area is 66.6 Å². The topological polar surface area (TPSA) is 23.6 Å². The molecule has 1 aliphatic heterocycles. The summed E-state index contributed by atoms with van der Waals surface area (Å²) in [7, 11) is 3.57. The fourth-order valence-corrected chi connectivity index (χ4v) is 0.963. The second-order valence-corrected chi connectivity index (χ2v) is 2.67. The molecule has 0 bridgehead atoms. The van der Waals surface area contributed by atoms with Crippen LogP contribution in [0.5, 0.6) is 0 Å². The Morgan fingerprint density at radius 1 is 1.27 bits per heavy atom. The van der Waals surface area contributed by atoms with Gasteiger partial charge in [0.1, 0.15) is 5.82 Å². The van der Waals surface area contributed by atoms with Gasteiger partial charge in [0.05, 0.1) is 6.42 Å². The lowest BCUT2D eigenvalue weighted by Crippen LogP contribution is -2.39. The van der Waals surface area contributed by atoms with Crippen LogP contribution in [-0.4, -0.2) is 29.8 Å². The molecule has 0 aromatic rings. The van der Waals surface area contributed by atoms with Gasteiger partial charge in [-0.1, -0.05) is 13.2 Å². The minimum Gasteiger partial charge on any atom is -0.335 e. The van der Waals surface area contributed by atoms with Gasteiger partial charge in [-0.25, -0.2) is 0 Å². The number of carbonyl (C=O) groups excluding carboxylic acids is 1. The highest BCUT2D eigenvalue weighted by Gasteiger charge is 2.23. The van der Waals surface area contributed by atoms with Crippen molar-refractivity contribution in [2.75, 3.05) is 14.1 Å². The monoisotopic (exact) mass is 152 g/mol. The SMILES string of the molecule is C=C1CC(=O)N(C)C(=C)N1C. The van der Waals surface area contributed by atoms with Crippen molar-refractivity contribution in [3.63, 3.8) is 0 Å². The number of amides is 1. The van der Waals surface area contributed by atoms with Crippen LogP contribution < -0.4 is 0 Å². The molecule has 0 radical (unpaired) electrons. The number of rotatable bonds is 0. The van der Waals surface area contributed by atoms with Crippen molar-refractivity contribution in [3.8, 4) is 0 Å². The Morgan fingerprint density at radius 2 is 1.82 bits per heavy atom. The average molecular weight is 152 g/mol. The molecular formula is C8H12N2O. The van der Waals surface area contributed by atoms with E-state index in [-0.39, 0.29) is 5.91 Å². The molecule has 0 saturated carbocycles. The fraction of sp³-hybridized carbons (Fsp3) is 0.375. The second kappa shape index (κ2) is 2.42. The summed E-state index contributed by atoms with van der Waals surface area (Å²) in [5.41, 5.74) is 0.804. The number of nitrogens with zero attached hydrogens (tertiary/aromatic N) is 2. The first kappa shape index (κ1) is 7.85. The van der Waals surface area contributed by atoms with E-state index in [4.69, 9.17) is 0 Å². The van der Waals surface area contributed by atoms with Crippen molar-refractivity contribution < 1.29 is 4.79 Å². The normalized spacial score (nSPS) is 19.6. The van der Waals surface area contributed by atoms with E-state index in [2.05, 4.69) is 13.2 Å². The van der Waals surface area contributed by atoms with E-state index in [0.717, 1.165) is 5.70 Å². The van der Waals surface area contributed by atoms with Crippen molar-refractivity contribution in [2.45, 2.75) is 6.42 Å². The Morgan fingerprint density at radius 3 is 2.36 bits per heavy atom. The van der Waals surface area contributed by atoms with Gasteiger partial charge in [-0.15, -0.1) is 0 Å². The van der Waals surface area contributed by atoms with Crippen LogP contribution in [0.2, 0.25) is 0 Å². The van der Waals surface area contributed by atoms with E-state index in [1.54, 1.807) is 7.05 Å². The first-order valence-corrected chi connectivity index (χ1v) is 3.41. The zero-order chi connectivity index (χ0) is 8.59. The van der Waals surface area contributed by atoms with E-state index >= 15 is 0 Å². The summed E-state index contributed by atoms with van der Waals surface area (Å²) in [4.78, 5) is 14.5. The quantitative estimate of drug-likeness (QED) is 0.511. The molecule has 0 aliphatic carbocycles. The highest BCUT2D eigenvalue weighted by molar-refractivity contribution is 5.81. The van der Waals surface area contributed by atoms with Crippen LogP contribution in [0.3, 0.4) is 0 Å². The van der Waals surface area contributed by atoms with Gasteiger partial charge in [-0.05, 0) is 0 Å². The number of carbonyl (C=O) groups is 1. The Bertz CT molecular complexity index is 210. The second-order valence-electron chi connectivity index (χ2n) is 2.67. The molecular weight excluding hydrogens is 140 g/mol. The summed E-state index contributed by atoms with van der Waals surface area (Å²) in [6.45, 7) is 7.50. The van der Waals surface area contributed by atoms with E-state index < -0.39 is 0 Å². The van der Waals surface area contributed by atoms with E-state index in [1.807, 2.05) is 11.9 Å². The molecule has 11 heavy (non-hydrogen) atoms. The molecule has 1 amide bonds. The van der Waals surface area contributed by atoms with E-state index in [1.165, 1.54) is 4.90 Å². The molecule has 0 N–H and O–H groups in total. The standard InChI is InChI=1S/C8H12N2O/c1-6-5-8(11)10(4)7(2)9(6)3/h1-2,5H2,3-4H3. The van der Waals surface area contributed by atoms with E-state index in [0.29, 0.717) is 12.2 Å². The minimum atomic E-state index is 0.0538. The number of hydrogen-bond acceptors (Lipinski definition) is 2. The molecule has 60 valence electrons. The first-order valence-electron chi connectivity index (χ1n) is 3.41. The summed E-state index contributed by atoms with van der Waals surface area (Å²) >= 11 is 0. The summed E-state index contributed by atoms with van der Waals surface area (Å²) < 4.78 is 0. The maximum Gasteiger partial charge on any atom is 0.233 e. The van der Waals surface area contributed by atoms with Gasteiger partial charge in [0, 0.05) is 19.8 Å². The molecule has 0 unspecified atom stereocenters. The minimum absolute atomic E-state index is 0.0538. The van der Waals surface area contributed by atoms with Crippen molar-refractivity contribution in [3.05, 3.63) is 24.7 Å². The van der Waals surface area contributed by atoms with Gasteiger partial charge in [-0.3, -0.25) is 4.79 Å². The molecule has 1 fully saturated rings. The molecule has 0 atom stereocenters. The molecule has 0 aromatic heterocycles. The van der Waals surface area contributed by atoms with Gasteiger partial charge in [-0.2, -0.15) is 0 Å². The third-order valence-corrected chi connectivity index (χ3v) is 1.98. The third kappa shape index (κ3) is 1.13. The lowest BCUT2D eigenvalue weighted by atomic mass is 10.2. The maximum absolute atomic E-state index is 11.1. The Hall–Kier alpha value is -1.25. The van der Waals surface area contributed by atoms with Crippen LogP contribution >= 0.6 is 0 Å².